The van der Waals surface area contributed by atoms with Gasteiger partial charge in [0, 0.05) is 31.0 Å². The molecule has 1 N–H and O–H groups in total. The van der Waals surface area contributed by atoms with Crippen molar-refractivity contribution in [3.05, 3.63) is 95.1 Å². The molecule has 0 bridgehead atoms. The predicted molar refractivity (Wildman–Crippen MR) is 139 cm³/mol. The Kier molecular flexibility index (Phi) is 6.65. The van der Waals surface area contributed by atoms with Gasteiger partial charge in [0.25, 0.3) is 11.7 Å². The molecule has 1 saturated heterocycles. The van der Waals surface area contributed by atoms with Crippen LogP contribution < -0.4 is 14.5 Å². The lowest BCUT2D eigenvalue weighted by atomic mass is 9.92. The molecule has 0 aromatic heterocycles. The van der Waals surface area contributed by atoms with Gasteiger partial charge in [-0.15, -0.1) is 0 Å². The van der Waals surface area contributed by atoms with Gasteiger partial charge in [0.2, 0.25) is 0 Å². The van der Waals surface area contributed by atoms with Gasteiger partial charge < -0.3 is 14.7 Å². The SMILES string of the molecule is Cc1ccccc1C1/C(=C(\O)c2ccc(OC(C)C)cc2)C(=O)C(=O)N1c1ccc(N(C)C)cc1. The van der Waals surface area contributed by atoms with Crippen molar-refractivity contribution in [1.29, 1.82) is 0 Å². The average molecular weight is 471 g/mol. The van der Waals surface area contributed by atoms with Crippen LogP contribution in [0.1, 0.15) is 36.6 Å². The zero-order valence-corrected chi connectivity index (χ0v) is 20.6. The summed E-state index contributed by atoms with van der Waals surface area (Å²) in [6.45, 7) is 5.80. The Morgan fingerprint density at radius 1 is 0.943 bits per heavy atom. The predicted octanol–water partition coefficient (Wildman–Crippen LogP) is 5.47. The standard InChI is InChI=1S/C29H30N2O4/c1-18(2)35-23-16-10-20(11-17-23)27(32)25-26(24-9-7-6-8-19(24)3)31(29(34)28(25)33)22-14-12-21(13-15-22)30(4)5/h6-18,26,32H,1-5H3/b27-25+. The van der Waals surface area contributed by atoms with E-state index in [4.69, 9.17) is 4.74 Å². The highest BCUT2D eigenvalue weighted by atomic mass is 16.5. The Morgan fingerprint density at radius 3 is 2.14 bits per heavy atom. The number of anilines is 2. The lowest BCUT2D eigenvalue weighted by molar-refractivity contribution is -0.132. The largest absolute Gasteiger partial charge is 0.507 e. The Morgan fingerprint density at radius 2 is 1.57 bits per heavy atom. The van der Waals surface area contributed by atoms with E-state index in [1.165, 1.54) is 4.90 Å². The van der Waals surface area contributed by atoms with Crippen molar-refractivity contribution in [2.45, 2.75) is 32.9 Å². The minimum atomic E-state index is -0.756. The van der Waals surface area contributed by atoms with Gasteiger partial charge in [-0.1, -0.05) is 24.3 Å². The first-order valence-electron chi connectivity index (χ1n) is 11.6. The molecule has 1 amide bonds. The van der Waals surface area contributed by atoms with Crippen LogP contribution in [-0.4, -0.2) is 37.0 Å². The van der Waals surface area contributed by atoms with Gasteiger partial charge >= 0.3 is 0 Å². The highest BCUT2D eigenvalue weighted by molar-refractivity contribution is 6.51. The molecular weight excluding hydrogens is 440 g/mol. The van der Waals surface area contributed by atoms with Crippen LogP contribution in [0.4, 0.5) is 11.4 Å². The van der Waals surface area contributed by atoms with E-state index in [1.54, 1.807) is 24.3 Å². The van der Waals surface area contributed by atoms with Gasteiger partial charge in [-0.05, 0) is 80.4 Å². The molecule has 0 saturated carbocycles. The van der Waals surface area contributed by atoms with Gasteiger partial charge in [-0.3, -0.25) is 14.5 Å². The molecular formula is C29H30N2O4. The van der Waals surface area contributed by atoms with Gasteiger partial charge in [0.1, 0.15) is 11.5 Å². The summed E-state index contributed by atoms with van der Waals surface area (Å²) in [7, 11) is 3.87. The molecule has 6 heteroatoms. The number of aliphatic hydroxyl groups excluding tert-OH is 1. The third kappa shape index (κ3) is 4.64. The highest BCUT2D eigenvalue weighted by Crippen LogP contribution is 2.43. The highest BCUT2D eigenvalue weighted by Gasteiger charge is 2.47. The van der Waals surface area contributed by atoms with E-state index in [1.807, 2.05) is 88.3 Å². The van der Waals surface area contributed by atoms with Crippen molar-refractivity contribution >= 4 is 28.8 Å². The molecule has 1 unspecified atom stereocenters. The van der Waals surface area contributed by atoms with Gasteiger partial charge in [-0.25, -0.2) is 0 Å². The van der Waals surface area contributed by atoms with Crippen LogP contribution in [0.5, 0.6) is 5.75 Å². The molecule has 0 radical (unpaired) electrons. The first kappa shape index (κ1) is 24.1. The average Bonchev–Trinajstić information content (AvgIpc) is 3.09. The van der Waals surface area contributed by atoms with Crippen LogP contribution in [0.25, 0.3) is 5.76 Å². The van der Waals surface area contributed by atoms with Crippen molar-refractivity contribution in [2.75, 3.05) is 23.9 Å². The van der Waals surface area contributed by atoms with Crippen molar-refractivity contribution in [1.82, 2.24) is 0 Å². The number of carbonyl (C=O) groups excluding carboxylic acids is 2. The van der Waals surface area contributed by atoms with E-state index in [-0.39, 0.29) is 17.4 Å². The number of ketones is 1. The van der Waals surface area contributed by atoms with Gasteiger partial charge in [-0.2, -0.15) is 0 Å². The van der Waals surface area contributed by atoms with Crippen LogP contribution in [0.3, 0.4) is 0 Å². The Labute approximate surface area is 206 Å². The number of aliphatic hydroxyl groups is 1. The van der Waals surface area contributed by atoms with Crippen LogP contribution in [0.2, 0.25) is 0 Å². The summed E-state index contributed by atoms with van der Waals surface area (Å²) in [6, 6.07) is 21.2. The second-order valence-electron chi connectivity index (χ2n) is 9.13. The minimum Gasteiger partial charge on any atom is -0.507 e. The minimum absolute atomic E-state index is 0.0136. The molecule has 3 aromatic carbocycles. The first-order valence-corrected chi connectivity index (χ1v) is 11.6. The van der Waals surface area contributed by atoms with Crippen LogP contribution in [0.15, 0.2) is 78.4 Å². The van der Waals surface area contributed by atoms with Crippen molar-refractivity contribution in [3.8, 4) is 5.75 Å². The number of carbonyl (C=O) groups is 2. The second kappa shape index (κ2) is 9.66. The molecule has 180 valence electrons. The Bertz CT molecular complexity index is 1270. The molecule has 1 heterocycles. The number of rotatable bonds is 6. The maximum Gasteiger partial charge on any atom is 0.300 e. The lowest BCUT2D eigenvalue weighted by Crippen LogP contribution is -2.29. The summed E-state index contributed by atoms with van der Waals surface area (Å²) in [5.41, 5.74) is 3.77. The molecule has 1 aliphatic rings. The monoisotopic (exact) mass is 470 g/mol. The maximum absolute atomic E-state index is 13.3. The number of ether oxygens (including phenoxy) is 1. The van der Waals surface area contributed by atoms with Gasteiger partial charge in [0.15, 0.2) is 0 Å². The van der Waals surface area contributed by atoms with Crippen LogP contribution in [-0.2, 0) is 9.59 Å². The summed E-state index contributed by atoms with van der Waals surface area (Å²) in [5, 5.41) is 11.3. The zero-order valence-electron chi connectivity index (χ0n) is 20.6. The molecule has 6 nitrogen and oxygen atoms in total. The third-order valence-corrected chi connectivity index (χ3v) is 6.07. The van der Waals surface area contributed by atoms with E-state index < -0.39 is 17.7 Å². The number of nitrogens with zero attached hydrogens (tertiary/aromatic N) is 2. The second-order valence-corrected chi connectivity index (χ2v) is 9.13. The molecule has 35 heavy (non-hydrogen) atoms. The molecule has 1 atom stereocenters. The molecule has 3 aromatic rings. The van der Waals surface area contributed by atoms with Gasteiger partial charge in [0.05, 0.1) is 17.7 Å². The summed E-state index contributed by atoms with van der Waals surface area (Å²) in [4.78, 5) is 30.1. The molecule has 0 spiro atoms. The van der Waals surface area contributed by atoms with Crippen molar-refractivity contribution in [2.24, 2.45) is 0 Å². The number of hydrogen-bond donors (Lipinski definition) is 1. The van der Waals surface area contributed by atoms with Crippen molar-refractivity contribution in [3.63, 3.8) is 0 Å². The van der Waals surface area contributed by atoms with Crippen molar-refractivity contribution < 1.29 is 19.4 Å². The van der Waals surface area contributed by atoms with E-state index >= 15 is 0 Å². The fourth-order valence-corrected chi connectivity index (χ4v) is 4.32. The fraction of sp³-hybridized carbons (Fsp3) is 0.241. The Balaban J connectivity index is 1.86. The molecule has 4 rings (SSSR count). The topological polar surface area (TPSA) is 70.1 Å². The van der Waals surface area contributed by atoms with E-state index in [0.29, 0.717) is 17.0 Å². The Hall–Kier alpha value is -4.06. The number of benzene rings is 3. The number of hydrogen-bond acceptors (Lipinski definition) is 5. The summed E-state index contributed by atoms with van der Waals surface area (Å²) in [5.74, 6) is -0.930. The van der Waals surface area contributed by atoms with E-state index in [9.17, 15) is 14.7 Å². The summed E-state index contributed by atoms with van der Waals surface area (Å²) >= 11 is 0. The molecule has 1 fully saturated rings. The fourth-order valence-electron chi connectivity index (χ4n) is 4.32. The normalized spacial score (nSPS) is 17.2. The van der Waals surface area contributed by atoms with E-state index in [2.05, 4.69) is 0 Å². The maximum atomic E-state index is 13.3. The summed E-state index contributed by atoms with van der Waals surface area (Å²) < 4.78 is 5.69. The molecule has 1 aliphatic heterocycles. The zero-order chi connectivity index (χ0) is 25.3. The van der Waals surface area contributed by atoms with E-state index in [0.717, 1.165) is 16.8 Å². The summed E-state index contributed by atoms with van der Waals surface area (Å²) in [6.07, 6.45) is 0.0136. The molecule has 0 aliphatic carbocycles. The quantitative estimate of drug-likeness (QED) is 0.294. The number of Topliss-reactive ketones (excluding diaryl/α,β-unsaturated/α-hetero) is 1. The van der Waals surface area contributed by atoms with Crippen LogP contribution >= 0.6 is 0 Å². The van der Waals surface area contributed by atoms with Crippen LogP contribution in [0, 0.1) is 6.92 Å². The number of aryl methyl sites for hydroxylation is 1. The first-order chi connectivity index (χ1) is 16.7. The lowest BCUT2D eigenvalue weighted by Gasteiger charge is -2.27. The third-order valence-electron chi connectivity index (χ3n) is 6.07. The number of amides is 1. The smallest absolute Gasteiger partial charge is 0.300 e.